The number of nitrogens with one attached hydrogen (secondary N) is 2. The fraction of sp³-hybridized carbons (Fsp3) is 0.455. The van der Waals surface area contributed by atoms with Crippen molar-refractivity contribution >= 4 is 28.8 Å². The Morgan fingerprint density at radius 3 is 2.80 bits per heavy atom. The fourth-order valence-corrected chi connectivity index (χ4v) is 2.48. The first-order valence-corrected chi connectivity index (χ1v) is 7.26. The molecule has 0 fully saturated rings. The zero-order valence-corrected chi connectivity index (χ0v) is 11.7. The minimum Gasteiger partial charge on any atom is -0.369 e. The zero-order valence-electron chi connectivity index (χ0n) is 10.9. The monoisotopic (exact) mass is 297 g/mol. The van der Waals surface area contributed by atoms with Crippen LogP contribution in [-0.4, -0.2) is 36.9 Å². The van der Waals surface area contributed by atoms with E-state index in [1.165, 1.54) is 4.57 Å². The SMILES string of the molecule is CCSCCn1c(=O)[nH]c2nc(CC(N)=O)[nH]c(=O)c21. The highest BCUT2D eigenvalue weighted by molar-refractivity contribution is 7.99. The van der Waals surface area contributed by atoms with Gasteiger partial charge in [-0.3, -0.25) is 19.1 Å². The molecule has 1 amide bonds. The molecule has 2 aromatic heterocycles. The number of aromatic nitrogens is 4. The molecule has 0 saturated heterocycles. The lowest BCUT2D eigenvalue weighted by Crippen LogP contribution is -2.23. The topological polar surface area (TPSA) is 127 Å². The Morgan fingerprint density at radius 2 is 2.15 bits per heavy atom. The molecule has 0 unspecified atom stereocenters. The van der Waals surface area contributed by atoms with Crippen molar-refractivity contribution in [2.24, 2.45) is 5.73 Å². The first-order chi connectivity index (χ1) is 9.52. The van der Waals surface area contributed by atoms with Crippen LogP contribution in [0, 0.1) is 0 Å². The summed E-state index contributed by atoms with van der Waals surface area (Å²) in [6, 6.07) is 0. The van der Waals surface area contributed by atoms with Gasteiger partial charge >= 0.3 is 5.69 Å². The van der Waals surface area contributed by atoms with Crippen molar-refractivity contribution in [1.82, 2.24) is 19.5 Å². The highest BCUT2D eigenvalue weighted by Crippen LogP contribution is 2.05. The van der Waals surface area contributed by atoms with Gasteiger partial charge in [0.05, 0.1) is 6.42 Å². The number of rotatable bonds is 6. The van der Waals surface area contributed by atoms with Crippen molar-refractivity contribution in [3.05, 3.63) is 26.7 Å². The number of amides is 1. The molecule has 2 rings (SSSR count). The van der Waals surface area contributed by atoms with E-state index in [2.05, 4.69) is 15.0 Å². The molecule has 0 aliphatic heterocycles. The second kappa shape index (κ2) is 5.95. The molecule has 0 aliphatic rings. The number of hydrogen-bond acceptors (Lipinski definition) is 5. The van der Waals surface area contributed by atoms with Gasteiger partial charge in [0.15, 0.2) is 11.2 Å². The second-order valence-corrected chi connectivity index (χ2v) is 5.53. The second-order valence-electron chi connectivity index (χ2n) is 4.13. The van der Waals surface area contributed by atoms with Crippen LogP contribution in [0.2, 0.25) is 0 Å². The minimum atomic E-state index is -0.603. The molecule has 4 N–H and O–H groups in total. The third-order valence-corrected chi connectivity index (χ3v) is 3.57. The summed E-state index contributed by atoms with van der Waals surface area (Å²) in [4.78, 5) is 43.7. The lowest BCUT2D eigenvalue weighted by atomic mass is 10.4. The van der Waals surface area contributed by atoms with Crippen molar-refractivity contribution in [3.8, 4) is 0 Å². The minimum absolute atomic E-state index is 0.145. The molecular weight excluding hydrogens is 282 g/mol. The Labute approximate surface area is 117 Å². The Hall–Kier alpha value is -2.03. The number of H-pyrrole nitrogens is 2. The highest BCUT2D eigenvalue weighted by atomic mass is 32.2. The molecule has 9 heteroatoms. The summed E-state index contributed by atoms with van der Waals surface area (Å²) < 4.78 is 1.36. The van der Waals surface area contributed by atoms with Crippen LogP contribution in [0.25, 0.3) is 11.2 Å². The number of primary amides is 1. The zero-order chi connectivity index (χ0) is 14.7. The molecule has 0 atom stereocenters. The molecular formula is C11H15N5O3S. The van der Waals surface area contributed by atoms with Gasteiger partial charge in [-0.15, -0.1) is 0 Å². The van der Waals surface area contributed by atoms with Crippen molar-refractivity contribution in [2.45, 2.75) is 19.9 Å². The summed E-state index contributed by atoms with van der Waals surface area (Å²) in [5.74, 6) is 1.21. The number of fused-ring (bicyclic) bond motifs is 1. The first kappa shape index (κ1) is 14.4. The number of imidazole rings is 1. The summed E-state index contributed by atoms with van der Waals surface area (Å²) in [6.07, 6.45) is -0.177. The molecule has 0 aromatic carbocycles. The van der Waals surface area contributed by atoms with E-state index in [1.54, 1.807) is 11.8 Å². The Bertz CT molecular complexity index is 745. The number of thioether (sulfide) groups is 1. The Balaban J connectivity index is 2.46. The number of nitrogens with zero attached hydrogens (tertiary/aromatic N) is 2. The third kappa shape index (κ3) is 2.93. The third-order valence-electron chi connectivity index (χ3n) is 2.69. The van der Waals surface area contributed by atoms with Crippen LogP contribution in [0.1, 0.15) is 12.7 Å². The van der Waals surface area contributed by atoms with Crippen molar-refractivity contribution in [1.29, 1.82) is 0 Å². The lowest BCUT2D eigenvalue weighted by Gasteiger charge is -2.02. The van der Waals surface area contributed by atoms with E-state index in [-0.39, 0.29) is 29.1 Å². The number of hydrogen-bond donors (Lipinski definition) is 3. The summed E-state index contributed by atoms with van der Waals surface area (Å²) >= 11 is 1.67. The molecule has 0 bridgehead atoms. The van der Waals surface area contributed by atoms with Gasteiger partial charge < -0.3 is 10.7 Å². The molecule has 0 aliphatic carbocycles. The normalized spacial score (nSPS) is 11.1. The Kier molecular flexibility index (Phi) is 4.28. The van der Waals surface area contributed by atoms with Crippen molar-refractivity contribution < 1.29 is 4.79 Å². The average molecular weight is 297 g/mol. The van der Waals surface area contributed by atoms with Crippen molar-refractivity contribution in [3.63, 3.8) is 0 Å². The molecule has 108 valence electrons. The van der Waals surface area contributed by atoms with Gasteiger partial charge in [-0.2, -0.15) is 11.8 Å². The quantitative estimate of drug-likeness (QED) is 0.601. The highest BCUT2D eigenvalue weighted by Gasteiger charge is 2.13. The van der Waals surface area contributed by atoms with E-state index in [9.17, 15) is 14.4 Å². The van der Waals surface area contributed by atoms with E-state index in [4.69, 9.17) is 5.73 Å². The van der Waals surface area contributed by atoms with Crippen LogP contribution < -0.4 is 17.0 Å². The number of aryl methyl sites for hydroxylation is 1. The predicted molar refractivity (Wildman–Crippen MR) is 76.9 cm³/mol. The van der Waals surface area contributed by atoms with Gasteiger partial charge in [0.1, 0.15) is 5.82 Å². The maximum absolute atomic E-state index is 12.0. The first-order valence-electron chi connectivity index (χ1n) is 6.10. The van der Waals surface area contributed by atoms with Crippen LogP contribution in [0.15, 0.2) is 9.59 Å². The molecule has 20 heavy (non-hydrogen) atoms. The smallest absolute Gasteiger partial charge is 0.327 e. The van der Waals surface area contributed by atoms with Gasteiger partial charge in [0.25, 0.3) is 5.56 Å². The van der Waals surface area contributed by atoms with Crippen LogP contribution in [0.5, 0.6) is 0 Å². The van der Waals surface area contributed by atoms with E-state index in [0.29, 0.717) is 6.54 Å². The Morgan fingerprint density at radius 1 is 1.40 bits per heavy atom. The largest absolute Gasteiger partial charge is 0.369 e. The van der Waals surface area contributed by atoms with Gasteiger partial charge in [0, 0.05) is 12.3 Å². The molecule has 2 heterocycles. The maximum Gasteiger partial charge on any atom is 0.327 e. The summed E-state index contributed by atoms with van der Waals surface area (Å²) in [7, 11) is 0. The lowest BCUT2D eigenvalue weighted by molar-refractivity contribution is -0.117. The van der Waals surface area contributed by atoms with E-state index < -0.39 is 11.5 Å². The van der Waals surface area contributed by atoms with E-state index in [0.717, 1.165) is 11.5 Å². The number of carbonyl (C=O) groups is 1. The number of nitrogens with two attached hydrogens (primary N) is 1. The number of carbonyl (C=O) groups excluding carboxylic acids is 1. The predicted octanol–water partition coefficient (Wildman–Crippen LogP) is -0.806. The number of aromatic amines is 2. The van der Waals surface area contributed by atoms with Crippen LogP contribution >= 0.6 is 11.8 Å². The fourth-order valence-electron chi connectivity index (χ4n) is 1.88. The van der Waals surface area contributed by atoms with Gasteiger partial charge in [-0.25, -0.2) is 9.78 Å². The van der Waals surface area contributed by atoms with Crippen LogP contribution in [0.4, 0.5) is 0 Å². The molecule has 8 nitrogen and oxygen atoms in total. The molecule has 0 radical (unpaired) electrons. The summed E-state index contributed by atoms with van der Waals surface area (Å²) in [5, 5.41) is 0. The van der Waals surface area contributed by atoms with Gasteiger partial charge in [-0.1, -0.05) is 6.92 Å². The van der Waals surface area contributed by atoms with E-state index in [1.807, 2.05) is 6.92 Å². The van der Waals surface area contributed by atoms with Crippen LogP contribution in [-0.2, 0) is 17.8 Å². The molecule has 2 aromatic rings. The van der Waals surface area contributed by atoms with Gasteiger partial charge in [0.2, 0.25) is 5.91 Å². The van der Waals surface area contributed by atoms with Gasteiger partial charge in [-0.05, 0) is 5.75 Å². The van der Waals surface area contributed by atoms with Crippen LogP contribution in [0.3, 0.4) is 0 Å². The summed E-state index contributed by atoms with van der Waals surface area (Å²) in [5.41, 5.74) is 4.59. The molecule has 0 spiro atoms. The standard InChI is InChI=1S/C11H15N5O3S/c1-2-20-4-3-16-8-9(15-11(16)19)13-7(5-6(12)17)14-10(8)18/h2-5H2,1H3,(H2,12,17)(H2,13,14,15,18,19). The average Bonchev–Trinajstić information content (AvgIpc) is 2.65. The maximum atomic E-state index is 12.0. The van der Waals surface area contributed by atoms with Crippen molar-refractivity contribution in [2.75, 3.05) is 11.5 Å². The van der Waals surface area contributed by atoms with E-state index >= 15 is 0 Å². The summed E-state index contributed by atoms with van der Waals surface area (Å²) in [6.45, 7) is 2.45. The molecule has 0 saturated carbocycles.